The van der Waals surface area contributed by atoms with Gasteiger partial charge in [-0.05, 0) is 12.8 Å². The fourth-order valence-corrected chi connectivity index (χ4v) is 8.13. The van der Waals surface area contributed by atoms with Crippen LogP contribution >= 0.6 is 0 Å². The number of carbonyl (C=O) groups excluding carboxylic acids is 3. The number of nitrogens with zero attached hydrogens (tertiary/aromatic N) is 1. The van der Waals surface area contributed by atoms with E-state index in [1.54, 1.807) is 0 Å². The number of unbranched alkanes of at least 4 members (excludes halogenated alkanes) is 36. The van der Waals surface area contributed by atoms with Gasteiger partial charge in [0.25, 0.3) is 0 Å². The van der Waals surface area contributed by atoms with Crippen molar-refractivity contribution in [3.05, 3.63) is 0 Å². The lowest BCUT2D eigenvalue weighted by atomic mass is 10.0. The number of rotatable bonds is 51. The molecule has 0 aromatic rings. The maximum absolute atomic E-state index is 12.8. The van der Waals surface area contributed by atoms with Gasteiger partial charge >= 0.3 is 11.9 Å². The molecule has 0 amide bonds. The number of quaternary nitrogens is 1. The minimum absolute atomic E-state index is 0.153. The molecule has 0 radical (unpaired) electrons. The average molecular weight is 896 g/mol. The Bertz CT molecular complexity index is 1000. The SMILES string of the molecule is CCCCCCCCCCCCCCCCCCCCCCCC(=O)OC(COC(=O)CCCCCCCCCCCCCCCCCCC)COC(OCC[N+](C)(C)C)C(=O)[O-]. The van der Waals surface area contributed by atoms with Crippen molar-refractivity contribution < 1.29 is 42.9 Å². The molecule has 63 heavy (non-hydrogen) atoms. The molecule has 0 saturated carbocycles. The first-order chi connectivity index (χ1) is 30.6. The van der Waals surface area contributed by atoms with Crippen LogP contribution in [-0.4, -0.2) is 82.3 Å². The third-order valence-electron chi connectivity index (χ3n) is 12.4. The average Bonchev–Trinajstić information content (AvgIpc) is 3.24. The van der Waals surface area contributed by atoms with Crippen LogP contribution in [0.25, 0.3) is 0 Å². The van der Waals surface area contributed by atoms with Crippen LogP contribution in [0.1, 0.15) is 271 Å². The van der Waals surface area contributed by atoms with E-state index in [4.69, 9.17) is 18.9 Å². The maximum Gasteiger partial charge on any atom is 0.306 e. The first-order valence-corrected chi connectivity index (χ1v) is 27.2. The standard InChI is InChI=1S/C54H105NO8/c1-6-8-10-12-14-16-18-20-22-24-25-26-27-29-31-33-35-37-39-41-43-45-52(57)63-50(49-62-54(53(58)59)60-47-46-55(3,4)5)48-61-51(56)44-42-40-38-36-34-32-30-28-23-21-19-17-15-13-11-9-7-2/h50,54H,6-49H2,1-5H3. The molecule has 0 heterocycles. The fraction of sp³-hybridized carbons (Fsp3) is 0.944. The topological polar surface area (TPSA) is 111 Å². The summed E-state index contributed by atoms with van der Waals surface area (Å²) in [7, 11) is 5.93. The van der Waals surface area contributed by atoms with Crippen LogP contribution in [0, 0.1) is 0 Å². The van der Waals surface area contributed by atoms with Crippen LogP contribution in [-0.2, 0) is 33.3 Å². The zero-order valence-corrected chi connectivity index (χ0v) is 42.5. The van der Waals surface area contributed by atoms with Crippen molar-refractivity contribution in [2.24, 2.45) is 0 Å². The molecular formula is C54H105NO8. The second-order valence-corrected chi connectivity index (χ2v) is 19.9. The number of carboxylic acid groups (broad SMARTS) is 1. The number of carboxylic acids is 1. The highest BCUT2D eigenvalue weighted by molar-refractivity contribution is 5.70. The number of likely N-dealkylation sites (N-methyl/N-ethyl adjacent to an activating group) is 1. The van der Waals surface area contributed by atoms with Gasteiger partial charge in [-0.25, -0.2) is 0 Å². The molecule has 0 saturated heterocycles. The normalized spacial score (nSPS) is 12.7. The number of carbonyl (C=O) groups is 3. The van der Waals surface area contributed by atoms with Crippen molar-refractivity contribution in [2.75, 3.05) is 47.5 Å². The molecule has 0 N–H and O–H groups in total. The van der Waals surface area contributed by atoms with E-state index < -0.39 is 24.3 Å². The molecule has 2 unspecified atom stereocenters. The predicted molar refractivity (Wildman–Crippen MR) is 260 cm³/mol. The molecule has 374 valence electrons. The number of hydrogen-bond acceptors (Lipinski definition) is 8. The summed E-state index contributed by atoms with van der Waals surface area (Å²) >= 11 is 0. The Labute approximate surface area is 390 Å². The van der Waals surface area contributed by atoms with Gasteiger partial charge in [-0.3, -0.25) is 9.59 Å². The summed E-state index contributed by atoms with van der Waals surface area (Å²) in [6.45, 7) is 4.81. The number of ether oxygens (including phenoxy) is 4. The predicted octanol–water partition coefficient (Wildman–Crippen LogP) is 13.9. The van der Waals surface area contributed by atoms with Crippen molar-refractivity contribution in [2.45, 2.75) is 283 Å². The lowest BCUT2D eigenvalue weighted by Gasteiger charge is -2.26. The quantitative estimate of drug-likeness (QED) is 0.0257. The fourth-order valence-electron chi connectivity index (χ4n) is 8.13. The molecule has 9 nitrogen and oxygen atoms in total. The number of hydrogen-bond donors (Lipinski definition) is 0. The van der Waals surface area contributed by atoms with E-state index in [2.05, 4.69) is 13.8 Å². The van der Waals surface area contributed by atoms with Crippen molar-refractivity contribution in [1.82, 2.24) is 0 Å². The van der Waals surface area contributed by atoms with Crippen LogP contribution in [0.15, 0.2) is 0 Å². The Morgan fingerprint density at radius 2 is 0.714 bits per heavy atom. The molecule has 0 rings (SSSR count). The van der Waals surface area contributed by atoms with Crippen molar-refractivity contribution >= 4 is 17.9 Å². The van der Waals surface area contributed by atoms with Gasteiger partial charge in [0, 0.05) is 12.8 Å². The molecule has 0 aliphatic rings. The Hall–Kier alpha value is -1.71. The monoisotopic (exact) mass is 896 g/mol. The molecule has 0 aromatic heterocycles. The lowest BCUT2D eigenvalue weighted by molar-refractivity contribution is -0.870. The van der Waals surface area contributed by atoms with E-state index in [-0.39, 0.29) is 32.2 Å². The molecular weight excluding hydrogens is 791 g/mol. The highest BCUT2D eigenvalue weighted by atomic mass is 16.7. The minimum atomic E-state index is -1.61. The number of esters is 2. The van der Waals surface area contributed by atoms with Crippen molar-refractivity contribution in [1.29, 1.82) is 0 Å². The molecule has 0 spiro atoms. The lowest BCUT2D eigenvalue weighted by Crippen LogP contribution is -2.44. The van der Waals surface area contributed by atoms with E-state index in [9.17, 15) is 19.5 Å². The van der Waals surface area contributed by atoms with Crippen LogP contribution in [0.4, 0.5) is 0 Å². The first kappa shape index (κ1) is 61.3. The maximum atomic E-state index is 12.8. The van der Waals surface area contributed by atoms with Crippen molar-refractivity contribution in [3.63, 3.8) is 0 Å². The highest BCUT2D eigenvalue weighted by Crippen LogP contribution is 2.17. The summed E-state index contributed by atoms with van der Waals surface area (Å²) in [4.78, 5) is 37.2. The molecule has 0 aliphatic carbocycles. The highest BCUT2D eigenvalue weighted by Gasteiger charge is 2.22. The Kier molecular flexibility index (Phi) is 45.5. The van der Waals surface area contributed by atoms with Gasteiger partial charge in [-0.2, -0.15) is 0 Å². The third kappa shape index (κ3) is 48.1. The molecule has 0 bridgehead atoms. The van der Waals surface area contributed by atoms with E-state index >= 15 is 0 Å². The number of aliphatic carboxylic acids is 1. The van der Waals surface area contributed by atoms with Gasteiger partial charge in [0.05, 0.1) is 40.3 Å². The Morgan fingerprint density at radius 1 is 0.413 bits per heavy atom. The smallest absolute Gasteiger partial charge is 0.306 e. The Balaban J connectivity index is 4.24. The summed E-state index contributed by atoms with van der Waals surface area (Å²) in [5.41, 5.74) is 0. The Morgan fingerprint density at radius 3 is 1.02 bits per heavy atom. The molecule has 0 fully saturated rings. The van der Waals surface area contributed by atoms with E-state index in [1.165, 1.54) is 205 Å². The van der Waals surface area contributed by atoms with Gasteiger partial charge in [-0.15, -0.1) is 0 Å². The summed E-state index contributed by atoms with van der Waals surface area (Å²) in [5, 5.41) is 11.7. The molecule has 0 aliphatic heterocycles. The molecule has 0 aromatic carbocycles. The second kappa shape index (κ2) is 46.8. The van der Waals surface area contributed by atoms with Crippen molar-refractivity contribution in [3.8, 4) is 0 Å². The van der Waals surface area contributed by atoms with Crippen LogP contribution in [0.2, 0.25) is 0 Å². The van der Waals surface area contributed by atoms with Gasteiger partial charge in [-0.1, -0.05) is 245 Å². The summed E-state index contributed by atoms with van der Waals surface area (Å²) in [6, 6.07) is 0. The van der Waals surface area contributed by atoms with Crippen LogP contribution in [0.3, 0.4) is 0 Å². The first-order valence-electron chi connectivity index (χ1n) is 27.2. The van der Waals surface area contributed by atoms with Crippen LogP contribution in [0.5, 0.6) is 0 Å². The van der Waals surface area contributed by atoms with Gasteiger partial charge in [0.2, 0.25) is 0 Å². The molecule has 9 heteroatoms. The van der Waals surface area contributed by atoms with E-state index in [0.29, 0.717) is 17.4 Å². The third-order valence-corrected chi connectivity index (χ3v) is 12.4. The van der Waals surface area contributed by atoms with Gasteiger partial charge in [0.1, 0.15) is 13.2 Å². The van der Waals surface area contributed by atoms with E-state index in [1.807, 2.05) is 21.1 Å². The zero-order valence-electron chi connectivity index (χ0n) is 42.5. The second-order valence-electron chi connectivity index (χ2n) is 19.9. The summed E-state index contributed by atoms with van der Waals surface area (Å²) in [5.74, 6) is -2.25. The largest absolute Gasteiger partial charge is 0.545 e. The summed E-state index contributed by atoms with van der Waals surface area (Å²) in [6.07, 6.45) is 47.1. The minimum Gasteiger partial charge on any atom is -0.545 e. The van der Waals surface area contributed by atoms with Gasteiger partial charge in [0.15, 0.2) is 12.4 Å². The summed E-state index contributed by atoms with van der Waals surface area (Å²) < 4.78 is 22.7. The van der Waals surface area contributed by atoms with Gasteiger partial charge < -0.3 is 33.3 Å². The van der Waals surface area contributed by atoms with E-state index in [0.717, 1.165) is 38.5 Å². The molecule has 2 atom stereocenters. The van der Waals surface area contributed by atoms with Crippen LogP contribution < -0.4 is 5.11 Å². The zero-order chi connectivity index (χ0) is 46.3.